The van der Waals surface area contributed by atoms with Gasteiger partial charge in [-0.25, -0.2) is 0 Å². The highest BCUT2D eigenvalue weighted by atomic mass is 16.2. The number of benzene rings is 2. The minimum atomic E-state index is -0.857. The molecule has 3 amide bonds. The van der Waals surface area contributed by atoms with Crippen molar-refractivity contribution >= 4 is 23.4 Å². The van der Waals surface area contributed by atoms with Gasteiger partial charge >= 0.3 is 0 Å². The quantitative estimate of drug-likeness (QED) is 0.605. The topological polar surface area (TPSA) is 66.5 Å². The smallest absolute Gasteiger partial charge is 0.248 e. The highest BCUT2D eigenvalue weighted by Gasteiger charge is 2.67. The number of carbonyl (C=O) groups excluding carboxylic acids is 3. The lowest BCUT2D eigenvalue weighted by Crippen LogP contribution is -2.49. The number of amides is 3. The van der Waals surface area contributed by atoms with Crippen molar-refractivity contribution in [3.63, 3.8) is 0 Å². The molecule has 3 fully saturated rings. The predicted octanol–water partition coefficient (Wildman–Crippen LogP) is 3.29. The second-order valence-electron chi connectivity index (χ2n) is 9.26. The number of hydrogen-bond donors (Lipinski definition) is 1. The normalized spacial score (nSPS) is 33.1. The summed E-state index contributed by atoms with van der Waals surface area (Å²) in [7, 11) is 0. The molecule has 1 N–H and O–H groups in total. The first kappa shape index (κ1) is 18.6. The lowest BCUT2D eigenvalue weighted by Gasteiger charge is -2.37. The third-order valence-electron chi connectivity index (χ3n) is 7.62. The van der Waals surface area contributed by atoms with Crippen molar-refractivity contribution < 1.29 is 14.4 Å². The van der Waals surface area contributed by atoms with Crippen molar-refractivity contribution in [1.82, 2.24) is 4.90 Å². The molecular weight excluding hydrogens is 388 g/mol. The number of likely N-dealkylation sites (tertiary alicyclic amines) is 1. The van der Waals surface area contributed by atoms with Crippen LogP contribution >= 0.6 is 0 Å². The van der Waals surface area contributed by atoms with E-state index < -0.39 is 6.04 Å². The Balaban J connectivity index is 1.34. The number of anilines is 1. The summed E-state index contributed by atoms with van der Waals surface area (Å²) in [6, 6.07) is 17.9. The van der Waals surface area contributed by atoms with Crippen molar-refractivity contribution in [2.24, 2.45) is 35.5 Å². The Labute approximate surface area is 181 Å². The SMILES string of the molecule is O=C(Nc1ccccc1)C(Cc1ccccc1)N1C(=O)C2C3C=CC(C4CC34)C2C1=O. The maximum Gasteiger partial charge on any atom is 0.248 e. The van der Waals surface area contributed by atoms with Crippen LogP contribution in [0.1, 0.15) is 12.0 Å². The molecular formula is C26H24N2O3. The van der Waals surface area contributed by atoms with E-state index in [0.717, 1.165) is 12.0 Å². The van der Waals surface area contributed by atoms with Crippen LogP contribution in [0, 0.1) is 35.5 Å². The maximum atomic E-state index is 13.6. The van der Waals surface area contributed by atoms with Gasteiger partial charge in [-0.2, -0.15) is 0 Å². The van der Waals surface area contributed by atoms with Gasteiger partial charge in [0.05, 0.1) is 11.8 Å². The molecule has 7 rings (SSSR count). The molecule has 2 aromatic rings. The van der Waals surface area contributed by atoms with E-state index in [0.29, 0.717) is 23.9 Å². The van der Waals surface area contributed by atoms with Gasteiger partial charge < -0.3 is 5.32 Å². The lowest BCUT2D eigenvalue weighted by atomic mass is 9.63. The molecule has 4 aliphatic carbocycles. The Morgan fingerprint density at radius 2 is 1.42 bits per heavy atom. The molecule has 5 nitrogen and oxygen atoms in total. The van der Waals surface area contributed by atoms with Crippen molar-refractivity contribution in [2.75, 3.05) is 5.32 Å². The van der Waals surface area contributed by atoms with Gasteiger partial charge in [0.25, 0.3) is 0 Å². The zero-order chi connectivity index (χ0) is 21.1. The second-order valence-corrected chi connectivity index (χ2v) is 9.26. The van der Waals surface area contributed by atoms with Crippen LogP contribution in [-0.4, -0.2) is 28.7 Å². The molecule has 0 radical (unpaired) electrons. The molecule has 156 valence electrons. The van der Waals surface area contributed by atoms with Crippen LogP contribution in [-0.2, 0) is 20.8 Å². The van der Waals surface area contributed by atoms with Crippen LogP contribution < -0.4 is 5.32 Å². The van der Waals surface area contributed by atoms with Gasteiger partial charge in [0.15, 0.2) is 0 Å². The van der Waals surface area contributed by atoms with E-state index >= 15 is 0 Å². The number of nitrogens with zero attached hydrogens (tertiary/aromatic N) is 1. The van der Waals surface area contributed by atoms with Crippen LogP contribution in [0.3, 0.4) is 0 Å². The molecule has 1 saturated heterocycles. The summed E-state index contributed by atoms with van der Waals surface area (Å²) in [5, 5.41) is 2.92. The molecule has 2 saturated carbocycles. The van der Waals surface area contributed by atoms with Gasteiger partial charge in [-0.15, -0.1) is 0 Å². The van der Waals surface area contributed by atoms with Crippen LogP contribution in [0.15, 0.2) is 72.8 Å². The first-order valence-corrected chi connectivity index (χ1v) is 11.1. The minimum absolute atomic E-state index is 0.149. The molecule has 0 aromatic heterocycles. The van der Waals surface area contributed by atoms with Gasteiger partial charge in [0.2, 0.25) is 17.7 Å². The fraction of sp³-hybridized carbons (Fsp3) is 0.346. The summed E-state index contributed by atoms with van der Waals surface area (Å²) in [5.41, 5.74) is 1.58. The van der Waals surface area contributed by atoms with Crippen molar-refractivity contribution in [2.45, 2.75) is 18.9 Å². The summed E-state index contributed by atoms with van der Waals surface area (Å²) < 4.78 is 0. The van der Waals surface area contributed by atoms with E-state index in [-0.39, 0.29) is 41.4 Å². The number of carbonyl (C=O) groups is 3. The van der Waals surface area contributed by atoms with Crippen molar-refractivity contribution in [3.8, 4) is 0 Å². The van der Waals surface area contributed by atoms with Gasteiger partial charge in [-0.1, -0.05) is 60.7 Å². The summed E-state index contributed by atoms with van der Waals surface area (Å²) in [5.74, 6) is 0.140. The van der Waals surface area contributed by atoms with E-state index in [9.17, 15) is 14.4 Å². The fourth-order valence-corrected chi connectivity index (χ4v) is 6.17. The average Bonchev–Trinajstić information content (AvgIpc) is 3.58. The molecule has 1 heterocycles. The molecule has 2 aromatic carbocycles. The monoisotopic (exact) mass is 412 g/mol. The van der Waals surface area contributed by atoms with E-state index in [1.54, 1.807) is 0 Å². The van der Waals surface area contributed by atoms with E-state index in [1.165, 1.54) is 4.90 Å². The number of rotatable bonds is 5. The number of para-hydroxylation sites is 1. The largest absolute Gasteiger partial charge is 0.324 e. The molecule has 5 aliphatic rings. The first-order valence-electron chi connectivity index (χ1n) is 11.1. The number of nitrogens with one attached hydrogen (secondary N) is 1. The summed E-state index contributed by atoms with van der Waals surface area (Å²) in [4.78, 5) is 41.9. The van der Waals surface area contributed by atoms with Crippen LogP contribution in [0.2, 0.25) is 0 Å². The molecule has 0 spiro atoms. The van der Waals surface area contributed by atoms with Crippen molar-refractivity contribution in [1.29, 1.82) is 0 Å². The number of hydrogen-bond acceptors (Lipinski definition) is 3. The van der Waals surface area contributed by atoms with Gasteiger partial charge in [-0.05, 0) is 47.8 Å². The van der Waals surface area contributed by atoms with Crippen LogP contribution in [0.5, 0.6) is 0 Å². The Kier molecular flexibility index (Phi) is 4.13. The van der Waals surface area contributed by atoms with Crippen LogP contribution in [0.4, 0.5) is 5.69 Å². The molecule has 2 bridgehead atoms. The van der Waals surface area contributed by atoms with Gasteiger partial charge in [0.1, 0.15) is 6.04 Å². The first-order chi connectivity index (χ1) is 15.1. The zero-order valence-electron chi connectivity index (χ0n) is 17.1. The lowest BCUT2D eigenvalue weighted by molar-refractivity contribution is -0.146. The minimum Gasteiger partial charge on any atom is -0.324 e. The van der Waals surface area contributed by atoms with Gasteiger partial charge in [0, 0.05) is 12.1 Å². The molecule has 5 heteroatoms. The molecule has 7 unspecified atom stereocenters. The summed E-state index contributed by atoms with van der Waals surface area (Å²) >= 11 is 0. The molecule has 1 aliphatic heterocycles. The Morgan fingerprint density at radius 3 is 2.00 bits per heavy atom. The highest BCUT2D eigenvalue weighted by molar-refractivity contribution is 6.10. The summed E-state index contributed by atoms with van der Waals surface area (Å²) in [6.45, 7) is 0. The number of allylic oxidation sites excluding steroid dienone is 2. The molecule has 7 atom stereocenters. The highest BCUT2D eigenvalue weighted by Crippen LogP contribution is 2.65. The average molecular weight is 412 g/mol. The maximum absolute atomic E-state index is 13.6. The standard InChI is InChI=1S/C26H24N2O3/c29-24(27-16-9-5-2-6-10-16)21(13-15-7-3-1-4-8-15)28-25(30)22-17-11-12-18(20-14-19(17)20)23(22)26(28)31/h1-12,17-23H,13-14H2,(H,27,29). The number of imide groups is 1. The molecule has 31 heavy (non-hydrogen) atoms. The Hall–Kier alpha value is -3.21. The van der Waals surface area contributed by atoms with E-state index in [2.05, 4.69) is 17.5 Å². The second kappa shape index (κ2) is 6.91. The third kappa shape index (κ3) is 2.87. The Morgan fingerprint density at radius 1 is 0.871 bits per heavy atom. The van der Waals surface area contributed by atoms with E-state index in [1.807, 2.05) is 60.7 Å². The predicted molar refractivity (Wildman–Crippen MR) is 116 cm³/mol. The summed E-state index contributed by atoms with van der Waals surface area (Å²) in [6.07, 6.45) is 5.75. The van der Waals surface area contributed by atoms with Crippen molar-refractivity contribution in [3.05, 3.63) is 78.4 Å². The third-order valence-corrected chi connectivity index (χ3v) is 7.62. The van der Waals surface area contributed by atoms with Gasteiger partial charge in [-0.3, -0.25) is 19.3 Å². The zero-order valence-corrected chi connectivity index (χ0v) is 17.1. The van der Waals surface area contributed by atoms with Crippen LogP contribution in [0.25, 0.3) is 0 Å². The fourth-order valence-electron chi connectivity index (χ4n) is 6.17. The Bertz CT molecular complexity index is 1040. The van der Waals surface area contributed by atoms with E-state index in [4.69, 9.17) is 0 Å².